The van der Waals surface area contributed by atoms with Crippen LogP contribution in [0.25, 0.3) is 0 Å². The van der Waals surface area contributed by atoms with Crippen molar-refractivity contribution in [1.82, 2.24) is 5.32 Å². The lowest BCUT2D eigenvalue weighted by Crippen LogP contribution is -2.37. The molecule has 1 aliphatic carbocycles. The largest absolute Gasteiger partial charge is 0.515 e. The van der Waals surface area contributed by atoms with E-state index in [1.165, 1.54) is 14.2 Å². The zero-order valence-corrected chi connectivity index (χ0v) is 27.4. The maximum Gasteiger partial charge on any atom is 0.324 e. The number of aliphatic hydroxyl groups is 1. The minimum atomic E-state index is -1.66. The van der Waals surface area contributed by atoms with Gasteiger partial charge in [0.05, 0.1) is 60.3 Å². The molecule has 10 heteroatoms. The van der Waals surface area contributed by atoms with Crippen molar-refractivity contribution < 1.29 is 29.0 Å². The summed E-state index contributed by atoms with van der Waals surface area (Å²) in [5.74, 6) is -1.87. The molecular weight excluding hydrogens is 584 g/mol. The average Bonchev–Trinajstić information content (AvgIpc) is 3.76. The van der Waals surface area contributed by atoms with Crippen molar-refractivity contribution in [3.63, 3.8) is 0 Å². The van der Waals surface area contributed by atoms with Gasteiger partial charge in [0.25, 0.3) is 0 Å². The van der Waals surface area contributed by atoms with Crippen molar-refractivity contribution in [2.24, 2.45) is 32.2 Å². The number of fused-ring (bicyclic) bond motifs is 5. The Morgan fingerprint density at radius 2 is 1.70 bits per heavy atom. The molecular formula is C36H38N4O6. The monoisotopic (exact) mass is 622 g/mol. The highest BCUT2D eigenvalue weighted by atomic mass is 16.5. The Bertz CT molecular complexity index is 1890. The average molecular weight is 623 g/mol. The lowest BCUT2D eigenvalue weighted by Gasteiger charge is -2.25. The number of hydrogen-bond acceptors (Lipinski definition) is 10. The number of aliphatic imine (C=N–C) groups is 3. The molecule has 10 nitrogen and oxygen atoms in total. The van der Waals surface area contributed by atoms with E-state index in [4.69, 9.17) is 24.5 Å². The molecule has 5 aliphatic heterocycles. The van der Waals surface area contributed by atoms with Gasteiger partial charge in [-0.1, -0.05) is 13.8 Å². The molecule has 1 saturated carbocycles. The molecule has 3 atom stereocenters. The molecule has 6 aliphatic rings. The Labute approximate surface area is 268 Å². The Morgan fingerprint density at radius 3 is 2.35 bits per heavy atom. The number of hydrogen-bond donors (Lipinski definition) is 2. The fraction of sp³-hybridized carbons (Fsp3) is 0.389. The topological polar surface area (TPSA) is 139 Å². The van der Waals surface area contributed by atoms with Gasteiger partial charge in [0.2, 0.25) is 0 Å². The zero-order chi connectivity index (χ0) is 33.2. The van der Waals surface area contributed by atoms with Crippen LogP contribution in [0.4, 0.5) is 0 Å². The van der Waals surface area contributed by atoms with E-state index in [1.54, 1.807) is 6.92 Å². The molecule has 3 unspecified atom stereocenters. The number of ketones is 1. The molecule has 0 amide bonds. The van der Waals surface area contributed by atoms with Crippen molar-refractivity contribution >= 4 is 34.9 Å². The van der Waals surface area contributed by atoms with E-state index in [1.807, 2.05) is 45.9 Å². The number of nitrogens with zero attached hydrogens (tertiary/aromatic N) is 3. The lowest BCUT2D eigenvalue weighted by atomic mass is 9.78. The summed E-state index contributed by atoms with van der Waals surface area (Å²) in [6.07, 6.45) is 8.04. The van der Waals surface area contributed by atoms with E-state index in [0.29, 0.717) is 57.2 Å². The molecule has 0 aromatic rings. The number of nitrogens with one attached hydrogen (secondary N) is 1. The van der Waals surface area contributed by atoms with Crippen molar-refractivity contribution in [2.75, 3.05) is 14.2 Å². The minimum Gasteiger partial charge on any atom is -0.515 e. The second-order valence-corrected chi connectivity index (χ2v) is 12.5. The third kappa shape index (κ3) is 4.37. The number of aliphatic hydroxyl groups excluding tert-OH is 1. The predicted molar refractivity (Wildman–Crippen MR) is 175 cm³/mol. The van der Waals surface area contributed by atoms with Crippen molar-refractivity contribution in [3.05, 3.63) is 92.0 Å². The molecule has 8 bridgehead atoms. The summed E-state index contributed by atoms with van der Waals surface area (Å²) >= 11 is 0. The molecule has 0 spiro atoms. The van der Waals surface area contributed by atoms with Crippen LogP contribution in [0, 0.1) is 17.3 Å². The number of Topliss-reactive ketones (excluding diaryl/α,β-unsaturated/α-hetero) is 1. The molecule has 0 aromatic carbocycles. The van der Waals surface area contributed by atoms with E-state index in [2.05, 4.69) is 12.2 Å². The van der Waals surface area contributed by atoms with Crippen LogP contribution < -0.4 is 5.32 Å². The summed E-state index contributed by atoms with van der Waals surface area (Å²) in [5, 5.41) is 13.8. The maximum absolute atomic E-state index is 14.4. The Kier molecular flexibility index (Phi) is 7.57. The Hall–Kier alpha value is -4.86. The molecule has 6 rings (SSSR count). The Morgan fingerprint density at radius 1 is 1.00 bits per heavy atom. The van der Waals surface area contributed by atoms with E-state index in [9.17, 15) is 19.5 Å². The second kappa shape index (κ2) is 11.2. The lowest BCUT2D eigenvalue weighted by molar-refractivity contribution is -0.152. The highest BCUT2D eigenvalue weighted by Gasteiger charge is 2.60. The smallest absolute Gasteiger partial charge is 0.324 e. The predicted octanol–water partition coefficient (Wildman–Crippen LogP) is 5.60. The number of carbonyl (C=O) groups excluding carboxylic acids is 3. The number of allylic oxidation sites excluding steroid dienone is 11. The van der Waals surface area contributed by atoms with Crippen LogP contribution in [-0.2, 0) is 23.9 Å². The van der Waals surface area contributed by atoms with Gasteiger partial charge in [-0.2, -0.15) is 0 Å². The first-order chi connectivity index (χ1) is 21.9. The molecule has 2 N–H and O–H groups in total. The fourth-order valence-electron chi connectivity index (χ4n) is 7.33. The third-order valence-electron chi connectivity index (χ3n) is 10.2. The van der Waals surface area contributed by atoms with Crippen LogP contribution in [0.5, 0.6) is 0 Å². The number of esters is 2. The maximum atomic E-state index is 14.4. The number of carbonyl (C=O) groups is 3. The van der Waals surface area contributed by atoms with E-state index in [0.717, 1.165) is 46.5 Å². The summed E-state index contributed by atoms with van der Waals surface area (Å²) < 4.78 is 10.2. The summed E-state index contributed by atoms with van der Waals surface area (Å²) in [6.45, 7) is 11.4. The molecule has 0 aromatic heterocycles. The number of methoxy groups -OCH3 is 2. The van der Waals surface area contributed by atoms with Gasteiger partial charge in [0.15, 0.2) is 11.2 Å². The minimum absolute atomic E-state index is 0.139. The van der Waals surface area contributed by atoms with Gasteiger partial charge in [-0.15, -0.1) is 0 Å². The van der Waals surface area contributed by atoms with Gasteiger partial charge in [0, 0.05) is 40.8 Å². The van der Waals surface area contributed by atoms with Crippen LogP contribution in [0.15, 0.2) is 107 Å². The fourth-order valence-corrected chi connectivity index (χ4v) is 7.33. The van der Waals surface area contributed by atoms with Crippen LogP contribution in [-0.4, -0.2) is 54.2 Å². The molecule has 46 heavy (non-hydrogen) atoms. The van der Waals surface area contributed by atoms with Gasteiger partial charge in [0.1, 0.15) is 0 Å². The van der Waals surface area contributed by atoms with Gasteiger partial charge in [-0.25, -0.2) is 15.0 Å². The van der Waals surface area contributed by atoms with Crippen LogP contribution in [0.3, 0.4) is 0 Å². The SMILES string of the molecule is CCC1=C(C)C2=CC3=NC(=C(C)/C3=C/O)C=C3NC(=C4C5=NC(=CC1=N2)C(C)=C5C(=O)C4(C)C(=O)OC)C(CCC(=O)OC)C3C. The highest BCUT2D eigenvalue weighted by Crippen LogP contribution is 2.52. The summed E-state index contributed by atoms with van der Waals surface area (Å²) in [6, 6.07) is 0. The van der Waals surface area contributed by atoms with Gasteiger partial charge in [-0.3, -0.25) is 14.4 Å². The second-order valence-electron chi connectivity index (χ2n) is 12.5. The van der Waals surface area contributed by atoms with Crippen molar-refractivity contribution in [3.8, 4) is 0 Å². The van der Waals surface area contributed by atoms with E-state index < -0.39 is 11.4 Å². The van der Waals surface area contributed by atoms with Crippen LogP contribution in [0.1, 0.15) is 60.8 Å². The standard InChI is InChI=1S/C36H38N4O6/c1-9-20-16(2)24-13-28-22(15-41)18(4)23(38-28)12-25-17(3)21(10-11-29(42)45-7)32(39-25)31-33-30(34(43)36(31,6)35(44)46-8)19(5)26(40-33)14-27(20)37-24/h12-15,17,21,39,41H,9-11H2,1-8H3/b22-15-,24-13?,25-12?,26-14?,32-31?. The van der Waals surface area contributed by atoms with Crippen molar-refractivity contribution in [2.45, 2.75) is 60.8 Å². The first-order valence-corrected chi connectivity index (χ1v) is 15.5. The van der Waals surface area contributed by atoms with E-state index in [-0.39, 0.29) is 30.0 Å². The zero-order valence-electron chi connectivity index (χ0n) is 27.4. The first kappa shape index (κ1) is 31.1. The summed E-state index contributed by atoms with van der Waals surface area (Å²) in [7, 11) is 2.63. The molecule has 238 valence electrons. The van der Waals surface area contributed by atoms with Gasteiger partial charge in [-0.05, 0) is 81.1 Å². The van der Waals surface area contributed by atoms with Gasteiger partial charge >= 0.3 is 11.9 Å². The third-order valence-corrected chi connectivity index (χ3v) is 10.2. The summed E-state index contributed by atoms with van der Waals surface area (Å²) in [5.41, 5.74) is 8.44. The molecule has 5 heterocycles. The Balaban J connectivity index is 1.69. The summed E-state index contributed by atoms with van der Waals surface area (Å²) in [4.78, 5) is 55.2. The quantitative estimate of drug-likeness (QED) is 0.231. The van der Waals surface area contributed by atoms with Crippen LogP contribution in [0.2, 0.25) is 0 Å². The van der Waals surface area contributed by atoms with E-state index >= 15 is 0 Å². The first-order valence-electron chi connectivity index (χ1n) is 15.5. The normalized spacial score (nSPS) is 27.6. The molecule has 2 fully saturated rings. The number of rotatable bonds is 5. The molecule has 0 radical (unpaired) electrons. The molecule has 1 saturated heterocycles. The number of ether oxygens (including phenoxy) is 2. The highest BCUT2D eigenvalue weighted by molar-refractivity contribution is 6.44. The van der Waals surface area contributed by atoms with Gasteiger partial charge < -0.3 is 19.9 Å². The van der Waals surface area contributed by atoms with Crippen LogP contribution >= 0.6 is 0 Å². The van der Waals surface area contributed by atoms with Crippen molar-refractivity contribution in [1.29, 1.82) is 0 Å².